The van der Waals surface area contributed by atoms with Crippen LogP contribution in [0.25, 0.3) is 21.1 Å². The molecule has 2 heterocycles. The van der Waals surface area contributed by atoms with Crippen LogP contribution in [-0.2, 0) is 0 Å². The van der Waals surface area contributed by atoms with Crippen LogP contribution >= 0.6 is 11.3 Å². The normalized spacial score (nSPS) is 11.2. The van der Waals surface area contributed by atoms with Crippen LogP contribution in [0.4, 0.5) is 5.69 Å². The van der Waals surface area contributed by atoms with Gasteiger partial charge in [-0.3, -0.25) is 4.79 Å². The van der Waals surface area contributed by atoms with E-state index in [0.29, 0.717) is 23.7 Å². The topological polar surface area (TPSA) is 59.2 Å². The summed E-state index contributed by atoms with van der Waals surface area (Å²) in [7, 11) is 0. The molecule has 0 radical (unpaired) electrons. The quantitative estimate of drug-likeness (QED) is 0.799. The highest BCUT2D eigenvalue weighted by atomic mass is 32.1. The Hall–Kier alpha value is -2.14. The first-order valence-corrected chi connectivity index (χ1v) is 8.25. The number of rotatable bonds is 3. The SMILES string of the molecule is CCN(CC)C(=O)c1sc2nc3ccc(C)cc3cc2c1N. The summed E-state index contributed by atoms with van der Waals surface area (Å²) < 4.78 is 0. The summed E-state index contributed by atoms with van der Waals surface area (Å²) >= 11 is 1.38. The van der Waals surface area contributed by atoms with Gasteiger partial charge in [-0.2, -0.15) is 0 Å². The van der Waals surface area contributed by atoms with Gasteiger partial charge in [0.05, 0.1) is 11.2 Å². The Morgan fingerprint density at radius 1 is 1.27 bits per heavy atom. The molecule has 0 bridgehead atoms. The van der Waals surface area contributed by atoms with Gasteiger partial charge in [0.15, 0.2) is 0 Å². The van der Waals surface area contributed by atoms with Gasteiger partial charge in [0, 0.05) is 23.9 Å². The molecular formula is C17H19N3OS. The van der Waals surface area contributed by atoms with Crippen molar-refractivity contribution in [2.24, 2.45) is 0 Å². The third-order valence-corrected chi connectivity index (χ3v) is 5.02. The lowest BCUT2D eigenvalue weighted by Gasteiger charge is -2.17. The van der Waals surface area contributed by atoms with Crippen molar-refractivity contribution in [3.8, 4) is 0 Å². The fraction of sp³-hybridized carbons (Fsp3) is 0.294. The number of amides is 1. The monoisotopic (exact) mass is 313 g/mol. The predicted molar refractivity (Wildman–Crippen MR) is 93.5 cm³/mol. The minimum absolute atomic E-state index is 0.00858. The first-order valence-electron chi connectivity index (χ1n) is 7.43. The first-order chi connectivity index (χ1) is 10.5. The summed E-state index contributed by atoms with van der Waals surface area (Å²) in [5.41, 5.74) is 8.90. The molecule has 1 aromatic carbocycles. The van der Waals surface area contributed by atoms with E-state index in [1.807, 2.05) is 32.0 Å². The highest BCUT2D eigenvalue weighted by molar-refractivity contribution is 7.21. The predicted octanol–water partition coefficient (Wildman–Crippen LogP) is 3.82. The molecule has 0 spiro atoms. The largest absolute Gasteiger partial charge is 0.397 e. The molecule has 1 amide bonds. The molecule has 0 unspecified atom stereocenters. The van der Waals surface area contributed by atoms with E-state index < -0.39 is 0 Å². The lowest BCUT2D eigenvalue weighted by Crippen LogP contribution is -2.30. The Balaban J connectivity index is 2.20. The summed E-state index contributed by atoms with van der Waals surface area (Å²) in [6.45, 7) is 7.35. The van der Waals surface area contributed by atoms with Crippen molar-refractivity contribution in [1.29, 1.82) is 0 Å². The molecular weight excluding hydrogens is 294 g/mol. The molecule has 0 aliphatic carbocycles. The number of nitrogens with zero attached hydrogens (tertiary/aromatic N) is 2. The van der Waals surface area contributed by atoms with Crippen molar-refractivity contribution in [3.63, 3.8) is 0 Å². The van der Waals surface area contributed by atoms with Gasteiger partial charge in [-0.15, -0.1) is 11.3 Å². The Labute approximate surface area is 133 Å². The molecule has 3 rings (SSSR count). The van der Waals surface area contributed by atoms with E-state index in [0.717, 1.165) is 21.1 Å². The molecule has 0 aliphatic heterocycles. The number of aromatic nitrogens is 1. The average Bonchev–Trinajstić information content (AvgIpc) is 2.83. The summed E-state index contributed by atoms with van der Waals surface area (Å²) in [5.74, 6) is -0.00858. The number of pyridine rings is 1. The van der Waals surface area contributed by atoms with Gasteiger partial charge in [-0.25, -0.2) is 4.98 Å². The number of aryl methyl sites for hydroxylation is 1. The van der Waals surface area contributed by atoms with Crippen LogP contribution in [0.2, 0.25) is 0 Å². The van der Waals surface area contributed by atoms with E-state index in [-0.39, 0.29) is 5.91 Å². The van der Waals surface area contributed by atoms with Crippen LogP contribution in [0.1, 0.15) is 29.1 Å². The summed E-state index contributed by atoms with van der Waals surface area (Å²) in [6.07, 6.45) is 0. The molecule has 2 N–H and O–H groups in total. The first kappa shape index (κ1) is 14.8. The number of carbonyl (C=O) groups is 1. The van der Waals surface area contributed by atoms with Crippen LogP contribution in [0.5, 0.6) is 0 Å². The molecule has 0 aliphatic rings. The Kier molecular flexibility index (Phi) is 3.74. The van der Waals surface area contributed by atoms with Gasteiger partial charge in [0.1, 0.15) is 9.71 Å². The molecule has 5 heteroatoms. The van der Waals surface area contributed by atoms with Crippen molar-refractivity contribution in [2.45, 2.75) is 20.8 Å². The van der Waals surface area contributed by atoms with Crippen molar-refractivity contribution in [1.82, 2.24) is 9.88 Å². The third kappa shape index (κ3) is 2.31. The summed E-state index contributed by atoms with van der Waals surface area (Å²) in [5, 5.41) is 1.93. The Bertz CT molecular complexity index is 865. The zero-order chi connectivity index (χ0) is 15.9. The fourth-order valence-electron chi connectivity index (χ4n) is 2.64. The summed E-state index contributed by atoms with van der Waals surface area (Å²) in [4.78, 5) is 20.4. The molecule has 22 heavy (non-hydrogen) atoms. The van der Waals surface area contributed by atoms with Crippen LogP contribution in [-0.4, -0.2) is 28.9 Å². The molecule has 3 aromatic rings. The van der Waals surface area contributed by atoms with Crippen LogP contribution in [0, 0.1) is 6.92 Å². The Morgan fingerprint density at radius 2 is 2.00 bits per heavy atom. The van der Waals surface area contributed by atoms with E-state index in [4.69, 9.17) is 5.73 Å². The molecule has 0 saturated carbocycles. The highest BCUT2D eigenvalue weighted by Crippen LogP contribution is 2.35. The molecule has 4 nitrogen and oxygen atoms in total. The lowest BCUT2D eigenvalue weighted by molar-refractivity contribution is 0.0779. The van der Waals surface area contributed by atoms with Crippen molar-refractivity contribution in [3.05, 3.63) is 34.7 Å². The second kappa shape index (κ2) is 5.57. The maximum absolute atomic E-state index is 12.6. The Morgan fingerprint density at radius 3 is 2.68 bits per heavy atom. The molecule has 114 valence electrons. The van der Waals surface area contributed by atoms with Crippen LogP contribution < -0.4 is 5.73 Å². The number of benzene rings is 1. The third-order valence-electron chi connectivity index (χ3n) is 3.91. The number of nitrogen functional groups attached to an aromatic ring is 1. The van der Waals surface area contributed by atoms with E-state index in [9.17, 15) is 4.79 Å². The smallest absolute Gasteiger partial charge is 0.266 e. The number of fused-ring (bicyclic) bond motifs is 2. The van der Waals surface area contributed by atoms with Crippen molar-refractivity contribution in [2.75, 3.05) is 18.8 Å². The summed E-state index contributed by atoms with van der Waals surface area (Å²) in [6, 6.07) is 8.17. The molecule has 2 aromatic heterocycles. The van der Waals surface area contributed by atoms with Gasteiger partial charge < -0.3 is 10.6 Å². The fourth-order valence-corrected chi connectivity index (χ4v) is 3.69. The molecule has 0 saturated heterocycles. The van der Waals surface area contributed by atoms with Crippen LogP contribution in [0.15, 0.2) is 24.3 Å². The lowest BCUT2D eigenvalue weighted by atomic mass is 10.1. The highest BCUT2D eigenvalue weighted by Gasteiger charge is 2.21. The average molecular weight is 313 g/mol. The number of nitrogens with two attached hydrogens (primary N) is 1. The van der Waals surface area contributed by atoms with Gasteiger partial charge in [0.2, 0.25) is 0 Å². The second-order valence-electron chi connectivity index (χ2n) is 5.36. The van der Waals surface area contributed by atoms with Gasteiger partial charge in [-0.1, -0.05) is 11.6 Å². The number of thiophene rings is 1. The maximum Gasteiger partial charge on any atom is 0.266 e. The van der Waals surface area contributed by atoms with E-state index >= 15 is 0 Å². The zero-order valence-corrected chi connectivity index (χ0v) is 13.8. The van der Waals surface area contributed by atoms with Crippen molar-refractivity contribution < 1.29 is 4.79 Å². The minimum Gasteiger partial charge on any atom is -0.397 e. The minimum atomic E-state index is -0.00858. The maximum atomic E-state index is 12.6. The zero-order valence-electron chi connectivity index (χ0n) is 13.0. The number of hydrogen-bond donors (Lipinski definition) is 1. The van der Waals surface area contributed by atoms with Crippen LogP contribution in [0.3, 0.4) is 0 Å². The number of carbonyl (C=O) groups excluding carboxylic acids is 1. The standard InChI is InChI=1S/C17H19N3OS/c1-4-20(5-2)17(21)15-14(18)12-9-11-8-10(3)6-7-13(11)19-16(12)22-15/h6-9H,4-5,18H2,1-3H3. The van der Waals surface area contributed by atoms with E-state index in [2.05, 4.69) is 18.0 Å². The van der Waals surface area contributed by atoms with Crippen molar-refractivity contribution >= 4 is 44.1 Å². The second-order valence-corrected chi connectivity index (χ2v) is 6.36. The molecule has 0 atom stereocenters. The molecule has 0 fully saturated rings. The van der Waals surface area contributed by atoms with Gasteiger partial charge in [-0.05, 0) is 39.0 Å². The van der Waals surface area contributed by atoms with Gasteiger partial charge >= 0.3 is 0 Å². The van der Waals surface area contributed by atoms with E-state index in [1.54, 1.807) is 4.90 Å². The number of anilines is 1. The van der Waals surface area contributed by atoms with E-state index in [1.165, 1.54) is 16.9 Å². The number of hydrogen-bond acceptors (Lipinski definition) is 4. The van der Waals surface area contributed by atoms with Gasteiger partial charge in [0.25, 0.3) is 5.91 Å².